The number of aromatic nitrogens is 1. The van der Waals surface area contributed by atoms with Crippen LogP contribution in [0.15, 0.2) is 18.3 Å². The average Bonchev–Trinajstić information content (AvgIpc) is 2.18. The fourth-order valence-electron chi connectivity index (χ4n) is 1.04. The second kappa shape index (κ2) is 4.73. The minimum Gasteiger partial charge on any atom is -0.298 e. The second-order valence-corrected chi connectivity index (χ2v) is 3.36. The van der Waals surface area contributed by atoms with Crippen molar-refractivity contribution >= 4 is 17.4 Å². The molecule has 0 aromatic carbocycles. The van der Waals surface area contributed by atoms with Gasteiger partial charge >= 0.3 is 0 Å². The zero-order valence-corrected chi connectivity index (χ0v) is 8.45. The number of nitrogens with zero attached hydrogens (tertiary/aromatic N) is 2. The highest BCUT2D eigenvalue weighted by Gasteiger charge is 2.15. The van der Waals surface area contributed by atoms with Crippen molar-refractivity contribution in [2.24, 2.45) is 0 Å². The molecule has 1 aromatic rings. The van der Waals surface area contributed by atoms with Crippen LogP contribution in [-0.2, 0) is 4.79 Å². The van der Waals surface area contributed by atoms with Crippen LogP contribution in [0.2, 0.25) is 5.02 Å². The van der Waals surface area contributed by atoms with Gasteiger partial charge in [0.2, 0.25) is 0 Å². The molecule has 1 rings (SSSR count). The Morgan fingerprint density at radius 3 is 2.93 bits per heavy atom. The third-order valence-electron chi connectivity index (χ3n) is 1.93. The molecule has 1 heterocycles. The van der Waals surface area contributed by atoms with Crippen LogP contribution in [0, 0.1) is 11.3 Å². The second-order valence-electron chi connectivity index (χ2n) is 2.92. The van der Waals surface area contributed by atoms with Crippen LogP contribution in [0.5, 0.6) is 0 Å². The normalized spacial score (nSPS) is 11.8. The van der Waals surface area contributed by atoms with E-state index in [4.69, 9.17) is 16.9 Å². The fourth-order valence-corrected chi connectivity index (χ4v) is 1.15. The van der Waals surface area contributed by atoms with Crippen molar-refractivity contribution in [3.63, 3.8) is 0 Å². The minimum absolute atomic E-state index is 0.0779. The van der Waals surface area contributed by atoms with Crippen molar-refractivity contribution in [1.82, 2.24) is 4.98 Å². The summed E-state index contributed by atoms with van der Waals surface area (Å²) in [5.74, 6) is -0.464. The fraction of sp³-hybridized carbons (Fsp3) is 0.300. The molecule has 0 radical (unpaired) electrons. The molecular weight excluding hydrogens is 200 g/mol. The van der Waals surface area contributed by atoms with Crippen LogP contribution < -0.4 is 0 Å². The highest BCUT2D eigenvalue weighted by molar-refractivity contribution is 6.30. The van der Waals surface area contributed by atoms with E-state index in [1.165, 1.54) is 6.20 Å². The molecule has 1 atom stereocenters. The van der Waals surface area contributed by atoms with E-state index in [2.05, 4.69) is 4.98 Å². The summed E-state index contributed by atoms with van der Waals surface area (Å²) in [5, 5.41) is 8.90. The molecule has 0 amide bonds. The highest BCUT2D eigenvalue weighted by Crippen LogP contribution is 2.16. The number of carbonyl (C=O) groups excluding carboxylic acids is 1. The molecule has 4 heteroatoms. The van der Waals surface area contributed by atoms with E-state index in [1.54, 1.807) is 19.1 Å². The van der Waals surface area contributed by atoms with Crippen molar-refractivity contribution < 1.29 is 4.79 Å². The van der Waals surface area contributed by atoms with Crippen LogP contribution in [0.25, 0.3) is 0 Å². The molecule has 14 heavy (non-hydrogen) atoms. The molecule has 3 nitrogen and oxygen atoms in total. The molecule has 0 saturated heterocycles. The topological polar surface area (TPSA) is 53.8 Å². The van der Waals surface area contributed by atoms with Crippen LogP contribution in [0.4, 0.5) is 0 Å². The summed E-state index contributed by atoms with van der Waals surface area (Å²) in [5.41, 5.74) is 0.648. The molecule has 1 aromatic heterocycles. The Hall–Kier alpha value is -1.40. The van der Waals surface area contributed by atoms with E-state index in [9.17, 15) is 4.79 Å². The predicted molar refractivity (Wildman–Crippen MR) is 52.9 cm³/mol. The third kappa shape index (κ3) is 2.54. The molecule has 72 valence electrons. The van der Waals surface area contributed by atoms with Gasteiger partial charge in [0.15, 0.2) is 5.78 Å². The lowest BCUT2D eigenvalue weighted by molar-refractivity contribution is -0.119. The van der Waals surface area contributed by atoms with Crippen LogP contribution in [0.3, 0.4) is 0 Å². The van der Waals surface area contributed by atoms with Gasteiger partial charge in [-0.25, -0.2) is 0 Å². The van der Waals surface area contributed by atoms with E-state index in [0.717, 1.165) is 0 Å². The van der Waals surface area contributed by atoms with E-state index >= 15 is 0 Å². The van der Waals surface area contributed by atoms with Gasteiger partial charge in [0.1, 0.15) is 0 Å². The minimum atomic E-state index is -0.341. The molecule has 0 N–H and O–H groups in total. The van der Waals surface area contributed by atoms with Crippen LogP contribution >= 0.6 is 11.6 Å². The molecule has 0 bridgehead atoms. The zero-order chi connectivity index (χ0) is 10.6. The maximum absolute atomic E-state index is 11.3. The van der Waals surface area contributed by atoms with E-state index < -0.39 is 0 Å². The number of nitriles is 1. The lowest BCUT2D eigenvalue weighted by atomic mass is 10.0. The summed E-state index contributed by atoms with van der Waals surface area (Å²) in [4.78, 5) is 15.4. The SMILES string of the molecule is CC(C(=O)CC#N)c1ccc(Cl)cn1. The monoisotopic (exact) mass is 208 g/mol. The number of carbonyl (C=O) groups is 1. The molecule has 1 unspecified atom stereocenters. The van der Waals surface area contributed by atoms with Gasteiger partial charge in [-0.3, -0.25) is 9.78 Å². The Kier molecular flexibility index (Phi) is 3.61. The molecule has 0 aliphatic rings. The first-order valence-electron chi connectivity index (χ1n) is 4.16. The smallest absolute Gasteiger partial charge is 0.155 e. The number of pyridine rings is 1. The molecule has 0 fully saturated rings. The Bertz CT molecular complexity index is 367. The Balaban J connectivity index is 2.80. The van der Waals surface area contributed by atoms with Gasteiger partial charge in [0, 0.05) is 6.20 Å². The number of Topliss-reactive ketones (excluding diaryl/α,β-unsaturated/α-hetero) is 1. The zero-order valence-electron chi connectivity index (χ0n) is 7.70. The largest absolute Gasteiger partial charge is 0.298 e. The van der Waals surface area contributed by atoms with Gasteiger partial charge in [0.25, 0.3) is 0 Å². The quantitative estimate of drug-likeness (QED) is 0.766. The van der Waals surface area contributed by atoms with Crippen molar-refractivity contribution in [1.29, 1.82) is 5.26 Å². The number of hydrogen-bond acceptors (Lipinski definition) is 3. The van der Waals surface area contributed by atoms with Gasteiger partial charge in [-0.1, -0.05) is 11.6 Å². The molecular formula is C10H9ClN2O. The summed E-state index contributed by atoms with van der Waals surface area (Å²) in [6, 6.07) is 5.20. The van der Waals surface area contributed by atoms with E-state index in [-0.39, 0.29) is 18.1 Å². The van der Waals surface area contributed by atoms with Gasteiger partial charge < -0.3 is 0 Å². The van der Waals surface area contributed by atoms with E-state index in [0.29, 0.717) is 10.7 Å². The van der Waals surface area contributed by atoms with Gasteiger partial charge in [0.05, 0.1) is 29.1 Å². The van der Waals surface area contributed by atoms with Crippen molar-refractivity contribution in [3.8, 4) is 6.07 Å². The van der Waals surface area contributed by atoms with Crippen molar-refractivity contribution in [2.45, 2.75) is 19.3 Å². The van der Waals surface area contributed by atoms with Crippen LogP contribution in [0.1, 0.15) is 25.0 Å². The van der Waals surface area contributed by atoms with E-state index in [1.807, 2.05) is 6.07 Å². The first-order chi connectivity index (χ1) is 6.65. The number of rotatable bonds is 3. The maximum Gasteiger partial charge on any atom is 0.155 e. The Morgan fingerprint density at radius 1 is 1.71 bits per heavy atom. The predicted octanol–water partition coefficient (Wildman–Crippen LogP) is 2.32. The van der Waals surface area contributed by atoms with Gasteiger partial charge in [-0.15, -0.1) is 0 Å². The first kappa shape index (κ1) is 10.7. The summed E-state index contributed by atoms with van der Waals surface area (Å²) >= 11 is 5.66. The van der Waals surface area contributed by atoms with Crippen molar-refractivity contribution in [2.75, 3.05) is 0 Å². The van der Waals surface area contributed by atoms with Crippen LogP contribution in [-0.4, -0.2) is 10.8 Å². The average molecular weight is 209 g/mol. The standard InChI is InChI=1S/C10H9ClN2O/c1-7(10(14)4-5-12)9-3-2-8(11)6-13-9/h2-3,6-7H,4H2,1H3. The lowest BCUT2D eigenvalue weighted by Gasteiger charge is -2.06. The highest BCUT2D eigenvalue weighted by atomic mass is 35.5. The third-order valence-corrected chi connectivity index (χ3v) is 2.15. The molecule has 0 aliphatic carbocycles. The summed E-state index contributed by atoms with van der Waals surface area (Å²) in [7, 11) is 0. The Labute approximate surface area is 87.3 Å². The number of hydrogen-bond donors (Lipinski definition) is 0. The number of ketones is 1. The van der Waals surface area contributed by atoms with Gasteiger partial charge in [-0.05, 0) is 19.1 Å². The van der Waals surface area contributed by atoms with Crippen molar-refractivity contribution in [3.05, 3.63) is 29.0 Å². The maximum atomic E-state index is 11.3. The molecule has 0 spiro atoms. The van der Waals surface area contributed by atoms with Gasteiger partial charge in [-0.2, -0.15) is 5.26 Å². The molecule has 0 aliphatic heterocycles. The first-order valence-corrected chi connectivity index (χ1v) is 4.54. The Morgan fingerprint density at radius 2 is 2.43 bits per heavy atom. The summed E-state index contributed by atoms with van der Waals surface area (Å²) in [6.07, 6.45) is 1.42. The summed E-state index contributed by atoms with van der Waals surface area (Å²) < 4.78 is 0. The lowest BCUT2D eigenvalue weighted by Crippen LogP contribution is -2.09. The molecule has 0 saturated carbocycles. The summed E-state index contributed by atoms with van der Waals surface area (Å²) in [6.45, 7) is 1.73. The number of halogens is 1.